The van der Waals surface area contributed by atoms with E-state index in [4.69, 9.17) is 4.52 Å². The third kappa shape index (κ3) is 4.45. The van der Waals surface area contributed by atoms with Gasteiger partial charge < -0.3 is 14.4 Å². The van der Waals surface area contributed by atoms with Crippen LogP contribution in [-0.4, -0.2) is 25.7 Å². The van der Waals surface area contributed by atoms with Crippen molar-refractivity contribution in [3.8, 4) is 0 Å². The number of hydrogen-bond donors (Lipinski definition) is 1. The van der Waals surface area contributed by atoms with Crippen LogP contribution in [0, 0.1) is 0 Å². The number of nitrogens with one attached hydrogen (secondary N) is 1. The Kier molecular flexibility index (Phi) is 5.63. The maximum Gasteiger partial charge on any atom is 0.229 e. The second-order valence-electron chi connectivity index (χ2n) is 7.29. The van der Waals surface area contributed by atoms with Crippen molar-refractivity contribution in [1.82, 2.24) is 25.0 Å². The lowest BCUT2D eigenvalue weighted by atomic mass is 9.86. The van der Waals surface area contributed by atoms with Crippen molar-refractivity contribution in [3.63, 3.8) is 0 Å². The predicted octanol–water partition coefficient (Wildman–Crippen LogP) is 3.69. The van der Waals surface area contributed by atoms with E-state index in [2.05, 4.69) is 62.4 Å². The zero-order valence-electron chi connectivity index (χ0n) is 15.8. The van der Waals surface area contributed by atoms with Crippen LogP contribution >= 0.6 is 0 Å². The van der Waals surface area contributed by atoms with Crippen molar-refractivity contribution < 1.29 is 4.52 Å². The minimum Gasteiger partial charge on any atom is -0.339 e. The number of nitrogens with zero attached hydrogens (tertiary/aromatic N) is 4. The van der Waals surface area contributed by atoms with E-state index in [9.17, 15) is 0 Å². The summed E-state index contributed by atoms with van der Waals surface area (Å²) in [5.41, 5.74) is 1.29. The molecule has 1 N–H and O–H groups in total. The number of imidazole rings is 1. The Morgan fingerprint density at radius 3 is 2.70 bits per heavy atom. The van der Waals surface area contributed by atoms with Crippen LogP contribution in [-0.2, 0) is 19.5 Å². The third-order valence-corrected chi connectivity index (χ3v) is 5.42. The largest absolute Gasteiger partial charge is 0.339 e. The fraction of sp³-hybridized carbons (Fsp3) is 0.476. The third-order valence-electron chi connectivity index (χ3n) is 5.42. The molecule has 0 spiro atoms. The molecule has 6 heteroatoms. The van der Waals surface area contributed by atoms with Crippen LogP contribution in [0.15, 0.2) is 47.2 Å². The molecule has 0 aliphatic heterocycles. The molecule has 0 bridgehead atoms. The van der Waals surface area contributed by atoms with Gasteiger partial charge in [0.25, 0.3) is 0 Å². The summed E-state index contributed by atoms with van der Waals surface area (Å²) in [6, 6.07) is 11.0. The van der Waals surface area contributed by atoms with E-state index in [0.29, 0.717) is 12.0 Å². The van der Waals surface area contributed by atoms with E-state index in [-0.39, 0.29) is 0 Å². The molecule has 0 saturated heterocycles. The topological polar surface area (TPSA) is 68.8 Å². The van der Waals surface area contributed by atoms with Gasteiger partial charge in [-0.25, -0.2) is 4.98 Å². The lowest BCUT2D eigenvalue weighted by Gasteiger charge is -2.27. The second kappa shape index (κ2) is 8.48. The van der Waals surface area contributed by atoms with Crippen LogP contribution in [0.3, 0.4) is 0 Å². The van der Waals surface area contributed by atoms with Gasteiger partial charge in [0.1, 0.15) is 5.82 Å². The predicted molar refractivity (Wildman–Crippen MR) is 103 cm³/mol. The average Bonchev–Trinajstić information content (AvgIpc) is 3.37. The Morgan fingerprint density at radius 1 is 1.15 bits per heavy atom. The Bertz CT molecular complexity index is 833. The van der Waals surface area contributed by atoms with Gasteiger partial charge in [0.05, 0.1) is 6.54 Å². The first-order chi connectivity index (χ1) is 13.3. The van der Waals surface area contributed by atoms with Gasteiger partial charge >= 0.3 is 0 Å². The minimum atomic E-state index is 0.413. The molecule has 0 amide bonds. The Morgan fingerprint density at radius 2 is 1.96 bits per heavy atom. The molecule has 142 valence electrons. The Labute approximate surface area is 160 Å². The lowest BCUT2D eigenvalue weighted by Crippen LogP contribution is -2.33. The van der Waals surface area contributed by atoms with Gasteiger partial charge in [-0.2, -0.15) is 4.98 Å². The summed E-state index contributed by atoms with van der Waals surface area (Å²) in [6.07, 6.45) is 9.24. The average molecular weight is 365 g/mol. The smallest absolute Gasteiger partial charge is 0.229 e. The van der Waals surface area contributed by atoms with Crippen LogP contribution in [0.5, 0.6) is 0 Å². The normalized spacial score (nSPS) is 20.0. The number of rotatable bonds is 7. The molecule has 1 aromatic carbocycles. The lowest BCUT2D eigenvalue weighted by molar-refractivity contribution is 0.280. The summed E-state index contributed by atoms with van der Waals surface area (Å²) in [5, 5.41) is 7.72. The van der Waals surface area contributed by atoms with E-state index in [1.54, 1.807) is 0 Å². The van der Waals surface area contributed by atoms with Crippen molar-refractivity contribution in [2.75, 3.05) is 0 Å². The van der Waals surface area contributed by atoms with Gasteiger partial charge in [-0.15, -0.1) is 0 Å². The summed E-state index contributed by atoms with van der Waals surface area (Å²) in [7, 11) is 0. The van der Waals surface area contributed by atoms with E-state index < -0.39 is 0 Å². The molecule has 3 aromatic rings. The molecule has 1 saturated carbocycles. The van der Waals surface area contributed by atoms with Gasteiger partial charge in [-0.1, -0.05) is 42.4 Å². The van der Waals surface area contributed by atoms with Crippen LogP contribution in [0.2, 0.25) is 0 Å². The van der Waals surface area contributed by atoms with E-state index in [1.165, 1.54) is 5.56 Å². The second-order valence-corrected chi connectivity index (χ2v) is 7.29. The van der Waals surface area contributed by atoms with Crippen LogP contribution in [0.1, 0.15) is 61.6 Å². The minimum absolute atomic E-state index is 0.413. The quantitative estimate of drug-likeness (QED) is 0.691. The monoisotopic (exact) mass is 365 g/mol. The fourth-order valence-electron chi connectivity index (χ4n) is 3.79. The molecule has 2 heterocycles. The van der Waals surface area contributed by atoms with Gasteiger partial charge in [0, 0.05) is 37.3 Å². The molecular weight excluding hydrogens is 338 g/mol. The number of benzene rings is 1. The molecule has 1 aliphatic rings. The number of aromatic nitrogens is 4. The first kappa shape index (κ1) is 17.9. The van der Waals surface area contributed by atoms with Crippen molar-refractivity contribution in [2.24, 2.45) is 0 Å². The van der Waals surface area contributed by atoms with Gasteiger partial charge in [-0.05, 0) is 31.2 Å². The molecule has 1 aliphatic carbocycles. The van der Waals surface area contributed by atoms with E-state index >= 15 is 0 Å². The molecule has 2 aromatic heterocycles. The standard InChI is InChI=1S/C21H27N5O/c1-2-19-24-21(27-25-19)17-8-10-18(11-9-17)23-14-20-22-12-13-26(20)15-16-6-4-3-5-7-16/h3-7,12-13,17-18,23H,2,8-11,14-15H2,1H3. The van der Waals surface area contributed by atoms with Crippen LogP contribution in [0.4, 0.5) is 0 Å². The summed E-state index contributed by atoms with van der Waals surface area (Å²) in [5.74, 6) is 3.14. The van der Waals surface area contributed by atoms with Crippen molar-refractivity contribution in [1.29, 1.82) is 0 Å². The summed E-state index contributed by atoms with van der Waals surface area (Å²) in [4.78, 5) is 9.04. The van der Waals surface area contributed by atoms with Crippen molar-refractivity contribution >= 4 is 0 Å². The molecule has 4 rings (SSSR count). The maximum absolute atomic E-state index is 5.43. The van der Waals surface area contributed by atoms with Crippen molar-refractivity contribution in [3.05, 3.63) is 65.8 Å². The zero-order valence-corrected chi connectivity index (χ0v) is 15.8. The summed E-state index contributed by atoms with van der Waals surface area (Å²) in [6.45, 7) is 3.72. The van der Waals surface area contributed by atoms with Crippen LogP contribution in [0.25, 0.3) is 0 Å². The SMILES string of the molecule is CCc1noc(C2CCC(NCc3nccn3Cc3ccccc3)CC2)n1. The van der Waals surface area contributed by atoms with Crippen molar-refractivity contribution in [2.45, 2.75) is 64.1 Å². The zero-order chi connectivity index (χ0) is 18.5. The van der Waals surface area contributed by atoms with Gasteiger partial charge in [-0.3, -0.25) is 0 Å². The van der Waals surface area contributed by atoms with Crippen LogP contribution < -0.4 is 5.32 Å². The number of hydrogen-bond acceptors (Lipinski definition) is 5. The molecule has 6 nitrogen and oxygen atoms in total. The summed E-state index contributed by atoms with van der Waals surface area (Å²) >= 11 is 0. The highest BCUT2D eigenvalue weighted by molar-refractivity contribution is 5.15. The first-order valence-corrected chi connectivity index (χ1v) is 9.91. The molecular formula is C21H27N5O. The molecule has 0 radical (unpaired) electrons. The van der Waals surface area contributed by atoms with E-state index in [0.717, 1.165) is 62.7 Å². The first-order valence-electron chi connectivity index (χ1n) is 9.91. The number of aryl methyl sites for hydroxylation is 1. The highest BCUT2D eigenvalue weighted by Gasteiger charge is 2.26. The Balaban J connectivity index is 1.27. The molecule has 0 atom stereocenters. The molecule has 1 fully saturated rings. The summed E-state index contributed by atoms with van der Waals surface area (Å²) < 4.78 is 7.65. The van der Waals surface area contributed by atoms with Gasteiger partial charge in [0.15, 0.2) is 5.82 Å². The molecule has 27 heavy (non-hydrogen) atoms. The van der Waals surface area contributed by atoms with Gasteiger partial charge in [0.2, 0.25) is 5.89 Å². The highest BCUT2D eigenvalue weighted by Crippen LogP contribution is 2.32. The fourth-order valence-corrected chi connectivity index (χ4v) is 3.79. The molecule has 0 unspecified atom stereocenters. The highest BCUT2D eigenvalue weighted by atomic mass is 16.5. The maximum atomic E-state index is 5.43. The Hall–Kier alpha value is -2.47. The van der Waals surface area contributed by atoms with E-state index in [1.807, 2.05) is 12.3 Å².